The Labute approximate surface area is 184 Å². The lowest BCUT2D eigenvalue weighted by atomic mass is 9.97. The molecule has 1 amide bonds. The molecule has 6 heteroatoms. The molecule has 5 nitrogen and oxygen atoms in total. The van der Waals surface area contributed by atoms with E-state index in [2.05, 4.69) is 23.9 Å². The summed E-state index contributed by atoms with van der Waals surface area (Å²) in [5.41, 5.74) is 5.17. The molecular formula is C25H28N2O3S. The summed E-state index contributed by atoms with van der Waals surface area (Å²) in [6.45, 7) is 9.76. The van der Waals surface area contributed by atoms with Gasteiger partial charge in [0.25, 0.3) is 15.9 Å². The van der Waals surface area contributed by atoms with Crippen LogP contribution in [0.2, 0.25) is 0 Å². The van der Waals surface area contributed by atoms with Crippen molar-refractivity contribution in [2.45, 2.75) is 45.4 Å². The quantitative estimate of drug-likeness (QED) is 0.514. The standard InChI is InChI=1S/C25H28N2O3S/c1-16(2)21-9-6-8-18(4)24(21)26-25(28)22-10-7-11-23(19(22)5)27-31(29,30)20-14-12-17(3)13-15-20/h6-16,27H,1-5H3,(H,26,28). The Balaban J connectivity index is 1.91. The van der Waals surface area contributed by atoms with Gasteiger partial charge in [0.05, 0.1) is 10.6 Å². The maximum atomic E-state index is 13.1. The summed E-state index contributed by atoms with van der Waals surface area (Å²) < 4.78 is 28.2. The zero-order valence-electron chi connectivity index (χ0n) is 18.5. The highest BCUT2D eigenvalue weighted by molar-refractivity contribution is 7.92. The van der Waals surface area contributed by atoms with Crippen molar-refractivity contribution in [3.63, 3.8) is 0 Å². The zero-order valence-corrected chi connectivity index (χ0v) is 19.3. The highest BCUT2D eigenvalue weighted by atomic mass is 32.2. The summed E-state index contributed by atoms with van der Waals surface area (Å²) in [4.78, 5) is 13.3. The van der Waals surface area contributed by atoms with Crippen molar-refractivity contribution in [3.05, 3.63) is 88.5 Å². The Kier molecular flexibility index (Phi) is 6.51. The minimum atomic E-state index is -3.76. The first kappa shape index (κ1) is 22.6. The third-order valence-corrected chi connectivity index (χ3v) is 6.70. The minimum Gasteiger partial charge on any atom is -0.321 e. The summed E-state index contributed by atoms with van der Waals surface area (Å²) in [5.74, 6) is -0.0194. The minimum absolute atomic E-state index is 0.175. The largest absolute Gasteiger partial charge is 0.321 e. The molecule has 2 N–H and O–H groups in total. The first-order valence-corrected chi connectivity index (χ1v) is 11.7. The number of nitrogens with one attached hydrogen (secondary N) is 2. The second-order valence-electron chi connectivity index (χ2n) is 8.04. The fourth-order valence-electron chi connectivity index (χ4n) is 3.44. The van der Waals surface area contributed by atoms with E-state index in [1.54, 1.807) is 49.4 Å². The molecule has 0 aliphatic rings. The molecule has 0 aliphatic carbocycles. The van der Waals surface area contributed by atoms with Gasteiger partial charge < -0.3 is 5.32 Å². The number of benzene rings is 3. The third-order valence-electron chi connectivity index (χ3n) is 5.32. The van der Waals surface area contributed by atoms with Crippen molar-refractivity contribution in [3.8, 4) is 0 Å². The van der Waals surface area contributed by atoms with Crippen LogP contribution in [0.1, 0.15) is 52.4 Å². The van der Waals surface area contributed by atoms with Gasteiger partial charge in [-0.25, -0.2) is 8.42 Å². The van der Waals surface area contributed by atoms with Crippen molar-refractivity contribution in [2.75, 3.05) is 10.0 Å². The fourth-order valence-corrected chi connectivity index (χ4v) is 4.56. The molecule has 0 unspecified atom stereocenters. The van der Waals surface area contributed by atoms with Crippen molar-refractivity contribution in [1.82, 2.24) is 0 Å². The SMILES string of the molecule is Cc1ccc(S(=O)(=O)Nc2cccc(C(=O)Nc3c(C)cccc3C(C)C)c2C)cc1. The maximum absolute atomic E-state index is 13.1. The van der Waals surface area contributed by atoms with Crippen LogP contribution in [0, 0.1) is 20.8 Å². The predicted molar refractivity (Wildman–Crippen MR) is 126 cm³/mol. The molecular weight excluding hydrogens is 408 g/mol. The van der Waals surface area contributed by atoms with Gasteiger partial charge in [0.15, 0.2) is 0 Å². The molecule has 0 bridgehead atoms. The van der Waals surface area contributed by atoms with Crippen LogP contribution < -0.4 is 10.0 Å². The van der Waals surface area contributed by atoms with Gasteiger partial charge in [0.2, 0.25) is 0 Å². The van der Waals surface area contributed by atoms with E-state index in [-0.39, 0.29) is 16.7 Å². The summed E-state index contributed by atoms with van der Waals surface area (Å²) in [5, 5.41) is 3.03. The van der Waals surface area contributed by atoms with Crippen LogP contribution in [0.25, 0.3) is 0 Å². The van der Waals surface area contributed by atoms with Crippen LogP contribution in [0.3, 0.4) is 0 Å². The number of para-hydroxylation sites is 1. The van der Waals surface area contributed by atoms with E-state index >= 15 is 0 Å². The fraction of sp³-hybridized carbons (Fsp3) is 0.240. The molecule has 0 saturated heterocycles. The molecule has 0 atom stereocenters. The molecule has 0 heterocycles. The Morgan fingerprint density at radius 3 is 2.16 bits per heavy atom. The topological polar surface area (TPSA) is 75.3 Å². The highest BCUT2D eigenvalue weighted by Crippen LogP contribution is 2.29. The lowest BCUT2D eigenvalue weighted by Crippen LogP contribution is -2.18. The van der Waals surface area contributed by atoms with Gasteiger partial charge in [-0.05, 0) is 67.6 Å². The number of sulfonamides is 1. The molecule has 3 aromatic carbocycles. The molecule has 0 radical (unpaired) electrons. The Morgan fingerprint density at radius 1 is 0.871 bits per heavy atom. The smallest absolute Gasteiger partial charge is 0.261 e. The molecule has 162 valence electrons. The second-order valence-corrected chi connectivity index (χ2v) is 9.73. The molecule has 0 aromatic heterocycles. The van der Waals surface area contributed by atoms with Crippen LogP contribution in [-0.4, -0.2) is 14.3 Å². The number of anilines is 2. The normalized spacial score (nSPS) is 11.4. The number of carbonyl (C=O) groups is 1. The Bertz CT molecular complexity index is 1210. The first-order valence-electron chi connectivity index (χ1n) is 10.2. The lowest BCUT2D eigenvalue weighted by Gasteiger charge is -2.18. The molecule has 3 rings (SSSR count). The summed E-state index contributed by atoms with van der Waals surface area (Å²) in [7, 11) is -3.76. The molecule has 3 aromatic rings. The van der Waals surface area contributed by atoms with E-state index in [0.717, 1.165) is 22.4 Å². The Hall–Kier alpha value is -3.12. The van der Waals surface area contributed by atoms with Gasteiger partial charge in [-0.15, -0.1) is 0 Å². The van der Waals surface area contributed by atoms with E-state index in [1.807, 2.05) is 32.0 Å². The van der Waals surface area contributed by atoms with Crippen molar-refractivity contribution >= 4 is 27.3 Å². The first-order chi connectivity index (χ1) is 14.6. The van der Waals surface area contributed by atoms with Crippen molar-refractivity contribution < 1.29 is 13.2 Å². The van der Waals surface area contributed by atoms with Crippen LogP contribution >= 0.6 is 0 Å². The van der Waals surface area contributed by atoms with Gasteiger partial charge >= 0.3 is 0 Å². The molecule has 0 saturated carbocycles. The van der Waals surface area contributed by atoms with Gasteiger partial charge in [-0.2, -0.15) is 0 Å². The van der Waals surface area contributed by atoms with E-state index in [0.29, 0.717) is 16.8 Å². The average Bonchev–Trinajstić information content (AvgIpc) is 2.71. The average molecular weight is 437 g/mol. The number of amides is 1. The van der Waals surface area contributed by atoms with E-state index < -0.39 is 10.0 Å². The van der Waals surface area contributed by atoms with Crippen LogP contribution in [-0.2, 0) is 10.0 Å². The number of hydrogen-bond donors (Lipinski definition) is 2. The Morgan fingerprint density at radius 2 is 1.52 bits per heavy atom. The van der Waals surface area contributed by atoms with Gasteiger partial charge in [-0.1, -0.05) is 55.8 Å². The second kappa shape index (κ2) is 8.94. The summed E-state index contributed by atoms with van der Waals surface area (Å²) >= 11 is 0. The van der Waals surface area contributed by atoms with Crippen LogP contribution in [0.4, 0.5) is 11.4 Å². The van der Waals surface area contributed by atoms with Crippen LogP contribution in [0.5, 0.6) is 0 Å². The van der Waals surface area contributed by atoms with E-state index in [4.69, 9.17) is 0 Å². The number of hydrogen-bond acceptors (Lipinski definition) is 3. The van der Waals surface area contributed by atoms with Gasteiger partial charge in [0, 0.05) is 11.3 Å². The lowest BCUT2D eigenvalue weighted by molar-refractivity contribution is 0.102. The zero-order chi connectivity index (χ0) is 22.8. The van der Waals surface area contributed by atoms with Crippen molar-refractivity contribution in [1.29, 1.82) is 0 Å². The number of carbonyl (C=O) groups excluding carboxylic acids is 1. The number of aryl methyl sites for hydroxylation is 2. The monoisotopic (exact) mass is 436 g/mol. The molecule has 0 spiro atoms. The third kappa shape index (κ3) is 4.97. The summed E-state index contributed by atoms with van der Waals surface area (Å²) in [6.07, 6.45) is 0. The highest BCUT2D eigenvalue weighted by Gasteiger charge is 2.19. The number of rotatable bonds is 6. The summed E-state index contributed by atoms with van der Waals surface area (Å²) in [6, 6.07) is 17.6. The van der Waals surface area contributed by atoms with Gasteiger partial charge in [-0.3, -0.25) is 9.52 Å². The molecule has 0 aliphatic heterocycles. The predicted octanol–water partition coefficient (Wildman–Crippen LogP) is 5.79. The molecule has 0 fully saturated rings. The maximum Gasteiger partial charge on any atom is 0.261 e. The van der Waals surface area contributed by atoms with E-state index in [1.165, 1.54) is 0 Å². The van der Waals surface area contributed by atoms with Gasteiger partial charge in [0.1, 0.15) is 0 Å². The van der Waals surface area contributed by atoms with E-state index in [9.17, 15) is 13.2 Å². The van der Waals surface area contributed by atoms with Crippen molar-refractivity contribution in [2.24, 2.45) is 0 Å². The molecule has 31 heavy (non-hydrogen) atoms. The van der Waals surface area contributed by atoms with Crippen LogP contribution in [0.15, 0.2) is 65.6 Å².